The van der Waals surface area contributed by atoms with Gasteiger partial charge in [-0.15, -0.1) is 0 Å². The largest absolute Gasteiger partial charge is 0.321 e. The normalized spacial score (nSPS) is 11.0. The van der Waals surface area contributed by atoms with Crippen LogP contribution in [0.25, 0.3) is 10.9 Å². The summed E-state index contributed by atoms with van der Waals surface area (Å²) >= 11 is 0.399. The number of carbonyl (C=O) groups is 1. The van der Waals surface area contributed by atoms with Gasteiger partial charge in [-0.2, -0.15) is 13.9 Å². The fourth-order valence-corrected chi connectivity index (χ4v) is 2.71. The molecule has 112 valence electrons. The average Bonchev–Trinajstić information content (AvgIpc) is 2.97. The first-order valence-electron chi connectivity index (χ1n) is 6.42. The molecule has 0 saturated heterocycles. The lowest BCUT2D eigenvalue weighted by atomic mass is 10.1. The van der Waals surface area contributed by atoms with E-state index in [-0.39, 0.29) is 5.91 Å². The Hall–Kier alpha value is -2.41. The number of benzene rings is 2. The number of alkyl halides is 2. The average molecular weight is 319 g/mol. The number of aromatic nitrogens is 2. The van der Waals surface area contributed by atoms with Gasteiger partial charge in [0.15, 0.2) is 0 Å². The van der Waals surface area contributed by atoms with Crippen LogP contribution >= 0.6 is 11.8 Å². The van der Waals surface area contributed by atoms with Crippen molar-refractivity contribution in [1.29, 1.82) is 0 Å². The molecular weight excluding hydrogens is 308 g/mol. The Bertz CT molecular complexity index is 819. The SMILES string of the molecule is O=C(Nc1ccccc1SC(F)F)c1cccc2cn[nH]c12. The maximum absolute atomic E-state index is 12.6. The second-order valence-corrected chi connectivity index (χ2v) is 5.50. The highest BCUT2D eigenvalue weighted by Gasteiger charge is 2.15. The van der Waals surface area contributed by atoms with E-state index in [4.69, 9.17) is 0 Å². The first-order chi connectivity index (χ1) is 10.6. The number of rotatable bonds is 4. The molecule has 1 aromatic heterocycles. The molecule has 3 aromatic rings. The Balaban J connectivity index is 1.90. The molecule has 0 fully saturated rings. The molecule has 22 heavy (non-hydrogen) atoms. The Labute approximate surface area is 128 Å². The molecule has 1 heterocycles. The minimum Gasteiger partial charge on any atom is -0.321 e. The second kappa shape index (κ2) is 6.15. The fraction of sp³-hybridized carbons (Fsp3) is 0.0667. The van der Waals surface area contributed by atoms with Crippen LogP contribution in [0.2, 0.25) is 0 Å². The predicted molar refractivity (Wildman–Crippen MR) is 82.3 cm³/mol. The highest BCUT2D eigenvalue weighted by Crippen LogP contribution is 2.32. The zero-order chi connectivity index (χ0) is 15.5. The van der Waals surface area contributed by atoms with Crippen LogP contribution in [0.5, 0.6) is 0 Å². The van der Waals surface area contributed by atoms with Crippen LogP contribution in [0.1, 0.15) is 10.4 Å². The van der Waals surface area contributed by atoms with E-state index in [0.29, 0.717) is 33.4 Å². The first kappa shape index (κ1) is 14.5. The molecule has 1 amide bonds. The van der Waals surface area contributed by atoms with Gasteiger partial charge in [0.1, 0.15) is 0 Å². The Morgan fingerprint density at radius 2 is 2.00 bits per heavy atom. The second-order valence-electron chi connectivity index (χ2n) is 4.47. The minimum atomic E-state index is -2.55. The number of H-pyrrole nitrogens is 1. The van der Waals surface area contributed by atoms with E-state index in [9.17, 15) is 13.6 Å². The summed E-state index contributed by atoms with van der Waals surface area (Å²) in [6.45, 7) is 0. The number of hydrogen-bond donors (Lipinski definition) is 2. The molecule has 0 unspecified atom stereocenters. The number of carbonyl (C=O) groups excluding carboxylic acids is 1. The fourth-order valence-electron chi connectivity index (χ4n) is 2.12. The van der Waals surface area contributed by atoms with Gasteiger partial charge in [0.05, 0.1) is 23.0 Å². The topological polar surface area (TPSA) is 57.8 Å². The van der Waals surface area contributed by atoms with E-state index in [2.05, 4.69) is 15.5 Å². The molecule has 0 aliphatic carbocycles. The van der Waals surface area contributed by atoms with Gasteiger partial charge in [-0.3, -0.25) is 9.89 Å². The van der Waals surface area contributed by atoms with E-state index in [1.165, 1.54) is 0 Å². The third-order valence-electron chi connectivity index (χ3n) is 3.07. The quantitative estimate of drug-likeness (QED) is 0.711. The number of amides is 1. The zero-order valence-corrected chi connectivity index (χ0v) is 12.0. The molecule has 3 rings (SSSR count). The van der Waals surface area contributed by atoms with Crippen LogP contribution in [0.4, 0.5) is 14.5 Å². The molecule has 0 spiro atoms. The molecular formula is C15H11F2N3OS. The lowest BCUT2D eigenvalue weighted by molar-refractivity contribution is 0.102. The van der Waals surface area contributed by atoms with Crippen molar-refractivity contribution in [1.82, 2.24) is 10.2 Å². The van der Waals surface area contributed by atoms with E-state index < -0.39 is 5.76 Å². The third-order valence-corrected chi connectivity index (χ3v) is 3.86. The molecule has 0 saturated carbocycles. The lowest BCUT2D eigenvalue weighted by Gasteiger charge is -2.10. The maximum atomic E-state index is 12.6. The van der Waals surface area contributed by atoms with Crippen molar-refractivity contribution in [2.75, 3.05) is 5.32 Å². The van der Waals surface area contributed by atoms with E-state index in [1.807, 2.05) is 6.07 Å². The van der Waals surface area contributed by atoms with Gasteiger partial charge in [0, 0.05) is 10.3 Å². The van der Waals surface area contributed by atoms with E-state index >= 15 is 0 Å². The van der Waals surface area contributed by atoms with Gasteiger partial charge in [-0.1, -0.05) is 36.0 Å². The maximum Gasteiger partial charge on any atom is 0.288 e. The molecule has 0 radical (unpaired) electrons. The van der Waals surface area contributed by atoms with Crippen molar-refractivity contribution in [3.05, 3.63) is 54.2 Å². The molecule has 2 N–H and O–H groups in total. The van der Waals surface area contributed by atoms with Gasteiger partial charge < -0.3 is 5.32 Å². The van der Waals surface area contributed by atoms with Crippen LogP contribution in [0, 0.1) is 0 Å². The van der Waals surface area contributed by atoms with Gasteiger partial charge in [0.25, 0.3) is 11.7 Å². The van der Waals surface area contributed by atoms with Crippen LogP contribution in [-0.4, -0.2) is 21.9 Å². The summed E-state index contributed by atoms with van der Waals surface area (Å²) < 4.78 is 25.1. The standard InChI is InChI=1S/C15H11F2N3OS/c16-15(17)22-12-7-2-1-6-11(12)19-14(21)10-5-3-4-9-8-18-20-13(9)10/h1-8,15H,(H,18,20)(H,19,21). The Morgan fingerprint density at radius 1 is 1.18 bits per heavy atom. The molecule has 7 heteroatoms. The van der Waals surface area contributed by atoms with Gasteiger partial charge >= 0.3 is 0 Å². The smallest absolute Gasteiger partial charge is 0.288 e. The highest BCUT2D eigenvalue weighted by atomic mass is 32.2. The molecule has 4 nitrogen and oxygen atoms in total. The third kappa shape index (κ3) is 2.94. The number of thioether (sulfide) groups is 1. The summed E-state index contributed by atoms with van der Waals surface area (Å²) in [6.07, 6.45) is 1.62. The lowest BCUT2D eigenvalue weighted by Crippen LogP contribution is -2.13. The molecule has 0 bridgehead atoms. The van der Waals surface area contributed by atoms with Crippen molar-refractivity contribution >= 4 is 34.3 Å². The van der Waals surface area contributed by atoms with Crippen LogP contribution in [-0.2, 0) is 0 Å². The van der Waals surface area contributed by atoms with E-state index in [1.54, 1.807) is 42.6 Å². The van der Waals surface area contributed by atoms with E-state index in [0.717, 1.165) is 5.39 Å². The van der Waals surface area contributed by atoms with Crippen molar-refractivity contribution < 1.29 is 13.6 Å². The van der Waals surface area contributed by atoms with Gasteiger partial charge in [0.2, 0.25) is 0 Å². The number of para-hydroxylation sites is 2. The van der Waals surface area contributed by atoms with Crippen LogP contribution < -0.4 is 5.32 Å². The number of halogens is 2. The summed E-state index contributed by atoms with van der Waals surface area (Å²) in [5, 5.41) is 10.1. The van der Waals surface area contributed by atoms with Gasteiger partial charge in [-0.25, -0.2) is 0 Å². The number of nitrogens with one attached hydrogen (secondary N) is 2. The van der Waals surface area contributed by atoms with Crippen LogP contribution in [0.3, 0.4) is 0 Å². The van der Waals surface area contributed by atoms with Crippen molar-refractivity contribution in [2.45, 2.75) is 10.7 Å². The number of fused-ring (bicyclic) bond motifs is 1. The predicted octanol–water partition coefficient (Wildman–Crippen LogP) is 4.13. The molecule has 2 aromatic carbocycles. The van der Waals surface area contributed by atoms with Crippen molar-refractivity contribution in [3.63, 3.8) is 0 Å². The van der Waals surface area contributed by atoms with Crippen LogP contribution in [0.15, 0.2) is 53.6 Å². The zero-order valence-electron chi connectivity index (χ0n) is 11.2. The molecule has 0 aliphatic heterocycles. The van der Waals surface area contributed by atoms with Crippen molar-refractivity contribution in [2.24, 2.45) is 0 Å². The molecule has 0 aliphatic rings. The number of hydrogen-bond acceptors (Lipinski definition) is 3. The monoisotopic (exact) mass is 319 g/mol. The number of nitrogens with zero attached hydrogens (tertiary/aromatic N) is 1. The van der Waals surface area contributed by atoms with Crippen molar-refractivity contribution in [3.8, 4) is 0 Å². The number of anilines is 1. The summed E-state index contributed by atoms with van der Waals surface area (Å²) in [4.78, 5) is 12.7. The Morgan fingerprint density at radius 3 is 2.82 bits per heavy atom. The number of aromatic amines is 1. The minimum absolute atomic E-state index is 0.322. The summed E-state index contributed by atoms with van der Waals surface area (Å²) in [5.41, 5.74) is 1.38. The summed E-state index contributed by atoms with van der Waals surface area (Å²) in [5.74, 6) is -2.92. The highest BCUT2D eigenvalue weighted by molar-refractivity contribution is 7.99. The summed E-state index contributed by atoms with van der Waals surface area (Å²) in [6, 6.07) is 11.7. The summed E-state index contributed by atoms with van der Waals surface area (Å²) in [7, 11) is 0. The Kier molecular flexibility index (Phi) is 4.06. The van der Waals surface area contributed by atoms with Gasteiger partial charge in [-0.05, 0) is 18.2 Å². The molecule has 0 atom stereocenters. The first-order valence-corrected chi connectivity index (χ1v) is 7.30.